The standard InChI is InChI=1S/C18H18N4O3/c1-10(11(2)23)8-22-9-21-16-4-3-12(5-14(16)18(22)25)13-6-15(19)17(24)20-7-13/h3-7,9-10H,8,19H2,1-2H3,(H,20,24). The summed E-state index contributed by atoms with van der Waals surface area (Å²) < 4.78 is 1.44. The van der Waals surface area contributed by atoms with Crippen LogP contribution in [0.2, 0.25) is 0 Å². The smallest absolute Gasteiger partial charge is 0.271 e. The van der Waals surface area contributed by atoms with Crippen molar-refractivity contribution in [3.8, 4) is 11.1 Å². The summed E-state index contributed by atoms with van der Waals surface area (Å²) in [5, 5.41) is 0.445. The van der Waals surface area contributed by atoms with E-state index in [-0.39, 0.29) is 35.1 Å². The van der Waals surface area contributed by atoms with E-state index in [0.717, 1.165) is 5.56 Å². The van der Waals surface area contributed by atoms with Gasteiger partial charge in [0.1, 0.15) is 5.78 Å². The largest absolute Gasteiger partial charge is 0.394 e. The molecule has 0 radical (unpaired) electrons. The molecule has 1 atom stereocenters. The number of Topliss-reactive ketones (excluding diaryl/α,β-unsaturated/α-hetero) is 1. The van der Waals surface area contributed by atoms with Crippen molar-refractivity contribution in [2.75, 3.05) is 5.73 Å². The van der Waals surface area contributed by atoms with Crippen LogP contribution in [-0.4, -0.2) is 20.3 Å². The Morgan fingerprint density at radius 2 is 2.04 bits per heavy atom. The second-order valence-electron chi connectivity index (χ2n) is 6.12. The number of carbonyl (C=O) groups is 1. The Labute approximate surface area is 143 Å². The molecule has 0 saturated carbocycles. The summed E-state index contributed by atoms with van der Waals surface area (Å²) >= 11 is 0. The molecule has 1 unspecified atom stereocenters. The van der Waals surface area contributed by atoms with Crippen LogP contribution in [0.1, 0.15) is 13.8 Å². The number of nitrogens with zero attached hydrogens (tertiary/aromatic N) is 2. The third kappa shape index (κ3) is 3.21. The van der Waals surface area contributed by atoms with Gasteiger partial charge in [-0.2, -0.15) is 0 Å². The molecule has 3 rings (SSSR count). The lowest BCUT2D eigenvalue weighted by Gasteiger charge is -2.11. The Bertz CT molecular complexity index is 1080. The summed E-state index contributed by atoms with van der Waals surface area (Å²) in [4.78, 5) is 42.4. The van der Waals surface area contributed by atoms with Gasteiger partial charge in [-0.25, -0.2) is 4.98 Å². The van der Waals surface area contributed by atoms with Crippen LogP contribution < -0.4 is 16.9 Å². The van der Waals surface area contributed by atoms with Crippen molar-refractivity contribution in [2.24, 2.45) is 5.92 Å². The first kappa shape index (κ1) is 16.6. The Balaban J connectivity index is 2.11. The number of anilines is 1. The molecule has 0 bridgehead atoms. The van der Waals surface area contributed by atoms with Gasteiger partial charge in [0.15, 0.2) is 0 Å². The SMILES string of the molecule is CC(=O)C(C)Cn1cnc2ccc(-c3c[nH]c(=O)c(N)c3)cc2c1=O. The highest BCUT2D eigenvalue weighted by Crippen LogP contribution is 2.22. The predicted octanol–water partition coefficient (Wildman–Crippen LogP) is 1.56. The molecule has 25 heavy (non-hydrogen) atoms. The van der Waals surface area contributed by atoms with E-state index in [9.17, 15) is 14.4 Å². The summed E-state index contributed by atoms with van der Waals surface area (Å²) in [5.74, 6) is -0.247. The lowest BCUT2D eigenvalue weighted by Crippen LogP contribution is -2.26. The molecule has 0 spiro atoms. The van der Waals surface area contributed by atoms with E-state index in [0.29, 0.717) is 16.5 Å². The molecule has 0 aliphatic rings. The fourth-order valence-electron chi connectivity index (χ4n) is 2.56. The average molecular weight is 338 g/mol. The van der Waals surface area contributed by atoms with E-state index in [2.05, 4.69) is 9.97 Å². The van der Waals surface area contributed by atoms with Crippen molar-refractivity contribution in [1.29, 1.82) is 0 Å². The summed E-state index contributed by atoms with van der Waals surface area (Å²) in [6, 6.07) is 6.83. The van der Waals surface area contributed by atoms with Crippen molar-refractivity contribution >= 4 is 22.4 Å². The van der Waals surface area contributed by atoms with Crippen LogP contribution in [0.3, 0.4) is 0 Å². The molecule has 7 heteroatoms. The number of nitrogens with one attached hydrogen (secondary N) is 1. The summed E-state index contributed by atoms with van der Waals surface area (Å²) in [6.07, 6.45) is 3.01. The fourth-order valence-corrected chi connectivity index (χ4v) is 2.56. The third-order valence-corrected chi connectivity index (χ3v) is 4.25. The van der Waals surface area contributed by atoms with Gasteiger partial charge in [-0.05, 0) is 30.7 Å². The van der Waals surface area contributed by atoms with E-state index < -0.39 is 0 Å². The van der Waals surface area contributed by atoms with Crippen molar-refractivity contribution in [2.45, 2.75) is 20.4 Å². The molecule has 128 valence electrons. The fraction of sp³-hybridized carbons (Fsp3) is 0.222. The Kier molecular flexibility index (Phi) is 4.22. The Morgan fingerprint density at radius 3 is 2.72 bits per heavy atom. The normalized spacial score (nSPS) is 12.2. The van der Waals surface area contributed by atoms with Crippen molar-refractivity contribution in [1.82, 2.24) is 14.5 Å². The molecule has 0 saturated heterocycles. The number of pyridine rings is 1. The van der Waals surface area contributed by atoms with Crippen molar-refractivity contribution in [3.05, 3.63) is 57.5 Å². The number of fused-ring (bicyclic) bond motifs is 1. The maximum absolute atomic E-state index is 12.7. The number of nitrogens with two attached hydrogens (primary N) is 1. The second-order valence-corrected chi connectivity index (χ2v) is 6.12. The number of aromatic nitrogens is 3. The Morgan fingerprint density at radius 1 is 1.28 bits per heavy atom. The highest BCUT2D eigenvalue weighted by molar-refractivity contribution is 5.84. The topological polar surface area (TPSA) is 111 Å². The number of hydrogen-bond acceptors (Lipinski definition) is 5. The molecular weight excluding hydrogens is 320 g/mol. The average Bonchev–Trinajstić information content (AvgIpc) is 2.59. The van der Waals surface area contributed by atoms with Crippen LogP contribution in [0.25, 0.3) is 22.0 Å². The van der Waals surface area contributed by atoms with Gasteiger partial charge < -0.3 is 10.7 Å². The van der Waals surface area contributed by atoms with Crippen molar-refractivity contribution < 1.29 is 4.79 Å². The van der Waals surface area contributed by atoms with Gasteiger partial charge in [0.25, 0.3) is 11.1 Å². The predicted molar refractivity (Wildman–Crippen MR) is 96.3 cm³/mol. The van der Waals surface area contributed by atoms with Gasteiger partial charge in [-0.15, -0.1) is 0 Å². The molecular formula is C18H18N4O3. The quantitative estimate of drug-likeness (QED) is 0.750. The van der Waals surface area contributed by atoms with E-state index in [4.69, 9.17) is 5.73 Å². The molecule has 3 aromatic rings. The number of ketones is 1. The number of benzene rings is 1. The molecule has 2 aromatic heterocycles. The minimum absolute atomic E-state index is 0.0180. The molecule has 2 heterocycles. The minimum atomic E-state index is -0.355. The van der Waals surface area contributed by atoms with Gasteiger partial charge in [0.05, 0.1) is 22.9 Å². The van der Waals surface area contributed by atoms with E-state index in [1.807, 2.05) is 6.07 Å². The van der Waals surface area contributed by atoms with Crippen LogP contribution in [0.5, 0.6) is 0 Å². The second kappa shape index (κ2) is 6.35. The lowest BCUT2D eigenvalue weighted by molar-refractivity contribution is -0.120. The molecule has 0 aliphatic carbocycles. The zero-order chi connectivity index (χ0) is 18.1. The zero-order valence-corrected chi connectivity index (χ0v) is 13.9. The molecule has 1 aromatic carbocycles. The van der Waals surface area contributed by atoms with Gasteiger partial charge in [-0.3, -0.25) is 19.0 Å². The maximum atomic E-state index is 12.7. The molecule has 3 N–H and O–H groups in total. The van der Waals surface area contributed by atoms with Crippen LogP contribution in [0, 0.1) is 5.92 Å². The number of nitrogen functional groups attached to an aromatic ring is 1. The number of rotatable bonds is 4. The van der Waals surface area contributed by atoms with E-state index in [1.54, 1.807) is 31.3 Å². The molecule has 0 fully saturated rings. The third-order valence-electron chi connectivity index (χ3n) is 4.25. The maximum Gasteiger partial charge on any atom is 0.271 e. The van der Waals surface area contributed by atoms with Gasteiger partial charge in [0.2, 0.25) is 0 Å². The van der Waals surface area contributed by atoms with E-state index in [1.165, 1.54) is 17.8 Å². The van der Waals surface area contributed by atoms with Crippen LogP contribution >= 0.6 is 0 Å². The highest BCUT2D eigenvalue weighted by atomic mass is 16.1. The van der Waals surface area contributed by atoms with E-state index >= 15 is 0 Å². The van der Waals surface area contributed by atoms with Crippen LogP contribution in [0.4, 0.5) is 5.69 Å². The number of H-pyrrole nitrogens is 1. The first-order chi connectivity index (χ1) is 11.9. The van der Waals surface area contributed by atoms with Gasteiger partial charge in [-0.1, -0.05) is 13.0 Å². The number of hydrogen-bond donors (Lipinski definition) is 2. The highest BCUT2D eigenvalue weighted by Gasteiger charge is 2.12. The zero-order valence-electron chi connectivity index (χ0n) is 13.9. The molecule has 0 amide bonds. The lowest BCUT2D eigenvalue weighted by atomic mass is 10.0. The van der Waals surface area contributed by atoms with Gasteiger partial charge >= 0.3 is 0 Å². The molecule has 7 nitrogen and oxygen atoms in total. The monoisotopic (exact) mass is 338 g/mol. The van der Waals surface area contributed by atoms with Crippen LogP contribution in [0.15, 0.2) is 46.4 Å². The summed E-state index contributed by atoms with van der Waals surface area (Å²) in [6.45, 7) is 3.56. The number of aromatic amines is 1. The summed E-state index contributed by atoms with van der Waals surface area (Å²) in [7, 11) is 0. The van der Waals surface area contributed by atoms with Crippen LogP contribution in [-0.2, 0) is 11.3 Å². The molecule has 0 aliphatic heterocycles. The first-order valence-corrected chi connectivity index (χ1v) is 7.85. The first-order valence-electron chi connectivity index (χ1n) is 7.85. The number of carbonyl (C=O) groups excluding carboxylic acids is 1. The van der Waals surface area contributed by atoms with Gasteiger partial charge in [0, 0.05) is 24.2 Å². The Hall–Kier alpha value is -3.22. The summed E-state index contributed by atoms with van der Waals surface area (Å²) in [5.41, 5.74) is 7.21. The van der Waals surface area contributed by atoms with Crippen molar-refractivity contribution in [3.63, 3.8) is 0 Å². The minimum Gasteiger partial charge on any atom is -0.394 e.